The zero-order chi connectivity index (χ0) is 19.8. The third-order valence-corrected chi connectivity index (χ3v) is 4.41. The molecule has 2 aromatic carbocycles. The number of anilines is 1. The lowest BCUT2D eigenvalue weighted by atomic mass is 10.0. The summed E-state index contributed by atoms with van der Waals surface area (Å²) in [6, 6.07) is 6.79. The second-order valence-corrected chi connectivity index (χ2v) is 6.37. The summed E-state index contributed by atoms with van der Waals surface area (Å²) in [5, 5.41) is 2.54. The van der Waals surface area contributed by atoms with Crippen LogP contribution < -0.4 is 10.2 Å². The van der Waals surface area contributed by atoms with Gasteiger partial charge in [0.15, 0.2) is 12.0 Å². The molecule has 0 bridgehead atoms. The maximum absolute atomic E-state index is 14.7. The van der Waals surface area contributed by atoms with Gasteiger partial charge in [-0.2, -0.15) is 0 Å². The summed E-state index contributed by atoms with van der Waals surface area (Å²) in [6.45, 7) is 1.54. The Balaban J connectivity index is 1.62. The summed E-state index contributed by atoms with van der Waals surface area (Å²) in [4.78, 5) is 28.1. The molecule has 0 radical (unpaired) electrons. The van der Waals surface area contributed by atoms with Gasteiger partial charge in [0.05, 0.1) is 24.3 Å². The van der Waals surface area contributed by atoms with Crippen molar-refractivity contribution in [1.82, 2.24) is 10.3 Å². The van der Waals surface area contributed by atoms with Crippen LogP contribution in [-0.2, 0) is 9.53 Å². The molecule has 1 saturated heterocycles. The number of hydrogen-bond acceptors (Lipinski definition) is 5. The highest BCUT2D eigenvalue weighted by Crippen LogP contribution is 2.33. The first-order chi connectivity index (χ1) is 13.4. The Kier molecular flexibility index (Phi) is 4.42. The molecule has 1 N–H and O–H groups in total. The average molecular weight is 387 g/mol. The maximum atomic E-state index is 14.7. The quantitative estimate of drug-likeness (QED) is 0.743. The number of rotatable bonds is 4. The molecule has 9 heteroatoms. The number of fused-ring (bicyclic) bond motifs is 1. The topological polar surface area (TPSA) is 84.7 Å². The SMILES string of the molecule is CC(=O)NCC1CN(c2cc(F)c(-c3ccc4ncoc4c3)c(F)c2)C(=O)O1. The Morgan fingerprint density at radius 1 is 1.29 bits per heavy atom. The molecule has 0 saturated carbocycles. The van der Waals surface area contributed by atoms with Gasteiger partial charge in [-0.25, -0.2) is 18.6 Å². The molecule has 7 nitrogen and oxygen atoms in total. The second-order valence-electron chi connectivity index (χ2n) is 6.37. The number of benzene rings is 2. The fourth-order valence-corrected chi connectivity index (χ4v) is 3.10. The van der Waals surface area contributed by atoms with Crippen LogP contribution in [0.3, 0.4) is 0 Å². The summed E-state index contributed by atoms with van der Waals surface area (Å²) in [5.74, 6) is -1.92. The van der Waals surface area contributed by atoms with Crippen LogP contribution in [0.15, 0.2) is 41.1 Å². The van der Waals surface area contributed by atoms with E-state index >= 15 is 0 Å². The molecular formula is C19H15F2N3O4. The molecular weight excluding hydrogens is 372 g/mol. The zero-order valence-corrected chi connectivity index (χ0v) is 14.7. The van der Waals surface area contributed by atoms with E-state index in [1.165, 1.54) is 19.4 Å². The van der Waals surface area contributed by atoms with Gasteiger partial charge in [0.2, 0.25) is 5.91 Å². The largest absolute Gasteiger partial charge is 0.443 e. The number of hydrogen-bond donors (Lipinski definition) is 1. The van der Waals surface area contributed by atoms with Gasteiger partial charge in [-0.05, 0) is 29.8 Å². The van der Waals surface area contributed by atoms with Gasteiger partial charge in [0.1, 0.15) is 23.3 Å². The van der Waals surface area contributed by atoms with Gasteiger partial charge < -0.3 is 14.5 Å². The molecule has 2 amide bonds. The molecule has 0 aliphatic carbocycles. The molecule has 3 aromatic rings. The first-order valence-corrected chi connectivity index (χ1v) is 8.47. The maximum Gasteiger partial charge on any atom is 0.414 e. The Hall–Kier alpha value is -3.49. The van der Waals surface area contributed by atoms with Gasteiger partial charge in [-0.3, -0.25) is 9.69 Å². The minimum absolute atomic E-state index is 0.0369. The van der Waals surface area contributed by atoms with Gasteiger partial charge in [0, 0.05) is 6.92 Å². The molecule has 1 atom stereocenters. The van der Waals surface area contributed by atoms with Crippen LogP contribution >= 0.6 is 0 Å². The molecule has 144 valence electrons. The third kappa shape index (κ3) is 3.26. The van der Waals surface area contributed by atoms with E-state index in [-0.39, 0.29) is 30.2 Å². The van der Waals surface area contributed by atoms with Crippen molar-refractivity contribution in [2.75, 3.05) is 18.0 Å². The lowest BCUT2D eigenvalue weighted by Gasteiger charge is -2.15. The number of ether oxygens (including phenoxy) is 1. The first kappa shape index (κ1) is 17.9. The highest BCUT2D eigenvalue weighted by atomic mass is 19.1. The molecule has 1 aromatic heterocycles. The predicted molar refractivity (Wildman–Crippen MR) is 95.7 cm³/mol. The number of nitrogens with one attached hydrogen (secondary N) is 1. The van der Waals surface area contributed by atoms with Crippen molar-refractivity contribution in [1.29, 1.82) is 0 Å². The van der Waals surface area contributed by atoms with Crippen molar-refractivity contribution in [2.45, 2.75) is 13.0 Å². The van der Waals surface area contributed by atoms with Crippen molar-refractivity contribution in [3.63, 3.8) is 0 Å². The van der Waals surface area contributed by atoms with Crippen molar-refractivity contribution in [2.24, 2.45) is 0 Å². The molecule has 1 aliphatic heterocycles. The van der Waals surface area contributed by atoms with Crippen LogP contribution in [-0.4, -0.2) is 36.2 Å². The highest BCUT2D eigenvalue weighted by Gasteiger charge is 2.33. The lowest BCUT2D eigenvalue weighted by molar-refractivity contribution is -0.119. The number of nitrogens with zero attached hydrogens (tertiary/aromatic N) is 2. The zero-order valence-electron chi connectivity index (χ0n) is 14.7. The number of halogens is 2. The standard InChI is InChI=1S/C19H15F2N3O4/c1-10(25)22-7-13-8-24(19(26)28-13)12-5-14(20)18(15(21)6-12)11-2-3-16-17(4-11)27-9-23-16/h2-6,9,13H,7-8H2,1H3,(H,22,25). The Morgan fingerprint density at radius 2 is 2.04 bits per heavy atom. The first-order valence-electron chi connectivity index (χ1n) is 8.47. The second kappa shape index (κ2) is 6.91. The van der Waals surface area contributed by atoms with Crippen LogP contribution in [0.5, 0.6) is 0 Å². The van der Waals surface area contributed by atoms with Crippen molar-refractivity contribution in [3.8, 4) is 11.1 Å². The summed E-state index contributed by atoms with van der Waals surface area (Å²) >= 11 is 0. The highest BCUT2D eigenvalue weighted by molar-refractivity contribution is 5.90. The minimum atomic E-state index is -0.827. The van der Waals surface area contributed by atoms with Crippen LogP contribution in [0.4, 0.5) is 19.3 Å². The van der Waals surface area contributed by atoms with E-state index in [0.717, 1.165) is 17.0 Å². The minimum Gasteiger partial charge on any atom is -0.443 e. The van der Waals surface area contributed by atoms with Gasteiger partial charge in [-0.1, -0.05) is 6.07 Å². The van der Waals surface area contributed by atoms with Gasteiger partial charge in [-0.15, -0.1) is 0 Å². The fourth-order valence-electron chi connectivity index (χ4n) is 3.10. The van der Waals surface area contributed by atoms with E-state index in [9.17, 15) is 18.4 Å². The van der Waals surface area contributed by atoms with Crippen LogP contribution in [0.25, 0.3) is 22.2 Å². The van der Waals surface area contributed by atoms with E-state index in [1.807, 2.05) is 0 Å². The lowest BCUT2D eigenvalue weighted by Crippen LogP contribution is -2.33. The van der Waals surface area contributed by atoms with E-state index in [4.69, 9.17) is 9.15 Å². The van der Waals surface area contributed by atoms with Crippen molar-refractivity contribution in [3.05, 3.63) is 48.4 Å². The molecule has 2 heterocycles. The number of carbonyl (C=O) groups excluding carboxylic acids is 2. The summed E-state index contributed by atoms with van der Waals surface area (Å²) < 4.78 is 39.8. The molecule has 1 aliphatic rings. The van der Waals surface area contributed by atoms with E-state index < -0.39 is 23.8 Å². The molecule has 1 fully saturated rings. The van der Waals surface area contributed by atoms with Crippen LogP contribution in [0, 0.1) is 11.6 Å². The summed E-state index contributed by atoms with van der Waals surface area (Å²) in [7, 11) is 0. The number of oxazole rings is 1. The average Bonchev–Trinajstić information content (AvgIpc) is 3.25. The predicted octanol–water partition coefficient (Wildman–Crippen LogP) is 3.23. The van der Waals surface area contributed by atoms with Gasteiger partial charge >= 0.3 is 6.09 Å². The summed E-state index contributed by atoms with van der Waals surface area (Å²) in [5.41, 5.74) is 1.08. The molecule has 0 spiro atoms. The fraction of sp³-hybridized carbons (Fsp3) is 0.211. The number of carbonyl (C=O) groups is 2. The molecule has 4 rings (SSSR count). The van der Waals surface area contributed by atoms with E-state index in [1.54, 1.807) is 12.1 Å². The summed E-state index contributed by atoms with van der Waals surface area (Å²) in [6.07, 6.45) is -0.0817. The molecule has 1 unspecified atom stereocenters. The Labute approximate surface area is 157 Å². The number of aromatic nitrogens is 1. The van der Waals surface area contributed by atoms with Gasteiger partial charge in [0.25, 0.3) is 0 Å². The van der Waals surface area contributed by atoms with Crippen LogP contribution in [0.2, 0.25) is 0 Å². The Morgan fingerprint density at radius 3 is 2.75 bits per heavy atom. The van der Waals surface area contributed by atoms with E-state index in [2.05, 4.69) is 10.3 Å². The van der Waals surface area contributed by atoms with E-state index in [0.29, 0.717) is 16.7 Å². The van der Waals surface area contributed by atoms with Crippen molar-refractivity contribution < 1.29 is 27.5 Å². The Bertz CT molecular complexity index is 1060. The van der Waals surface area contributed by atoms with Crippen LogP contribution in [0.1, 0.15) is 6.92 Å². The number of cyclic esters (lactones) is 1. The van der Waals surface area contributed by atoms with Crippen molar-refractivity contribution >= 4 is 28.8 Å². The normalized spacial score (nSPS) is 16.5. The molecule has 28 heavy (non-hydrogen) atoms. The monoisotopic (exact) mass is 387 g/mol. The smallest absolute Gasteiger partial charge is 0.414 e. The number of amides is 2. The third-order valence-electron chi connectivity index (χ3n) is 4.41.